The number of carbonyl (C=O) groups is 1. The summed E-state index contributed by atoms with van der Waals surface area (Å²) in [4.78, 5) is 17.3. The smallest absolute Gasteiger partial charge is 0.222 e. The van der Waals surface area contributed by atoms with Gasteiger partial charge in [-0.1, -0.05) is 0 Å². The van der Waals surface area contributed by atoms with Crippen molar-refractivity contribution in [1.29, 1.82) is 0 Å². The van der Waals surface area contributed by atoms with Gasteiger partial charge < -0.3 is 10.2 Å². The van der Waals surface area contributed by atoms with Crippen LogP contribution < -0.4 is 5.32 Å². The Morgan fingerprint density at radius 1 is 1.05 bits per heavy atom. The van der Waals surface area contributed by atoms with Gasteiger partial charge in [0.2, 0.25) is 5.91 Å². The van der Waals surface area contributed by atoms with E-state index in [1.165, 1.54) is 51.6 Å². The highest BCUT2D eigenvalue weighted by molar-refractivity contribution is 5.76. The maximum atomic E-state index is 12.5. The SMILES string of the molecule is O=C(CCC1CCCNC1)N1CCCC(N2CCCC2)C1. The monoisotopic (exact) mass is 293 g/mol. The number of hydrogen-bond donors (Lipinski definition) is 1. The largest absolute Gasteiger partial charge is 0.341 e. The standard InChI is InChI=1S/C17H31N3O/c21-17(8-7-15-5-3-9-18-13-15)20-12-4-6-16(14-20)19-10-1-2-11-19/h15-16,18H,1-14H2. The minimum absolute atomic E-state index is 0.407. The van der Waals surface area contributed by atoms with Crippen LogP contribution in [0.2, 0.25) is 0 Å². The van der Waals surface area contributed by atoms with E-state index in [0.29, 0.717) is 11.9 Å². The number of amides is 1. The third-order valence-corrected chi connectivity index (χ3v) is 5.57. The Bertz CT molecular complexity index is 335. The van der Waals surface area contributed by atoms with Crippen LogP contribution in [0.1, 0.15) is 51.4 Å². The van der Waals surface area contributed by atoms with Crippen LogP contribution in [-0.2, 0) is 4.79 Å². The van der Waals surface area contributed by atoms with Crippen LogP contribution >= 0.6 is 0 Å². The first-order valence-electron chi connectivity index (χ1n) is 9.05. The van der Waals surface area contributed by atoms with Crippen LogP contribution in [0, 0.1) is 5.92 Å². The van der Waals surface area contributed by atoms with Crippen molar-refractivity contribution in [3.05, 3.63) is 0 Å². The molecular formula is C17H31N3O. The molecule has 1 N–H and O–H groups in total. The number of nitrogens with one attached hydrogen (secondary N) is 1. The molecule has 3 fully saturated rings. The van der Waals surface area contributed by atoms with E-state index in [1.807, 2.05) is 0 Å². The van der Waals surface area contributed by atoms with Crippen molar-refractivity contribution in [1.82, 2.24) is 15.1 Å². The lowest BCUT2D eigenvalue weighted by Crippen LogP contribution is -2.49. The Balaban J connectivity index is 1.42. The summed E-state index contributed by atoms with van der Waals surface area (Å²) in [5, 5.41) is 3.45. The van der Waals surface area contributed by atoms with Gasteiger partial charge in [-0.25, -0.2) is 0 Å². The minimum Gasteiger partial charge on any atom is -0.341 e. The molecule has 21 heavy (non-hydrogen) atoms. The number of piperidine rings is 2. The number of carbonyl (C=O) groups excluding carboxylic acids is 1. The van der Waals surface area contributed by atoms with Crippen molar-refractivity contribution in [2.24, 2.45) is 5.92 Å². The fourth-order valence-corrected chi connectivity index (χ4v) is 4.24. The molecule has 2 unspecified atom stereocenters. The van der Waals surface area contributed by atoms with E-state index < -0.39 is 0 Å². The molecule has 3 aliphatic heterocycles. The highest BCUT2D eigenvalue weighted by atomic mass is 16.2. The maximum absolute atomic E-state index is 12.5. The number of rotatable bonds is 4. The fraction of sp³-hybridized carbons (Fsp3) is 0.941. The van der Waals surface area contributed by atoms with Crippen molar-refractivity contribution >= 4 is 5.91 Å². The van der Waals surface area contributed by atoms with Gasteiger partial charge in [-0.15, -0.1) is 0 Å². The van der Waals surface area contributed by atoms with E-state index in [2.05, 4.69) is 15.1 Å². The van der Waals surface area contributed by atoms with Crippen LogP contribution in [-0.4, -0.2) is 61.0 Å². The highest BCUT2D eigenvalue weighted by Crippen LogP contribution is 2.22. The summed E-state index contributed by atoms with van der Waals surface area (Å²) in [7, 11) is 0. The van der Waals surface area contributed by atoms with Crippen molar-refractivity contribution in [3.63, 3.8) is 0 Å². The number of nitrogens with zero attached hydrogens (tertiary/aromatic N) is 2. The lowest BCUT2D eigenvalue weighted by Gasteiger charge is -2.38. The Hall–Kier alpha value is -0.610. The molecule has 3 aliphatic rings. The van der Waals surface area contributed by atoms with Crippen LogP contribution in [0.3, 0.4) is 0 Å². The summed E-state index contributed by atoms with van der Waals surface area (Å²) >= 11 is 0. The Morgan fingerprint density at radius 2 is 1.90 bits per heavy atom. The van der Waals surface area contributed by atoms with Gasteiger partial charge in [0, 0.05) is 25.6 Å². The van der Waals surface area contributed by atoms with E-state index in [-0.39, 0.29) is 0 Å². The predicted molar refractivity (Wildman–Crippen MR) is 85.2 cm³/mol. The zero-order chi connectivity index (χ0) is 14.5. The molecule has 4 nitrogen and oxygen atoms in total. The summed E-state index contributed by atoms with van der Waals surface area (Å²) in [6.45, 7) is 6.76. The van der Waals surface area contributed by atoms with Crippen LogP contribution in [0.25, 0.3) is 0 Å². The van der Waals surface area contributed by atoms with Gasteiger partial charge in [0.15, 0.2) is 0 Å². The van der Waals surface area contributed by atoms with Gasteiger partial charge in [0.05, 0.1) is 0 Å². The predicted octanol–water partition coefficient (Wildman–Crippen LogP) is 1.85. The average molecular weight is 293 g/mol. The summed E-state index contributed by atoms with van der Waals surface area (Å²) in [6, 6.07) is 0.640. The van der Waals surface area contributed by atoms with E-state index in [0.717, 1.165) is 44.9 Å². The van der Waals surface area contributed by atoms with Gasteiger partial charge >= 0.3 is 0 Å². The number of hydrogen-bond acceptors (Lipinski definition) is 3. The van der Waals surface area contributed by atoms with E-state index in [1.54, 1.807) is 0 Å². The number of likely N-dealkylation sites (tertiary alicyclic amines) is 2. The van der Waals surface area contributed by atoms with Crippen molar-refractivity contribution in [2.45, 2.75) is 57.4 Å². The summed E-state index contributed by atoms with van der Waals surface area (Å²) in [5.41, 5.74) is 0. The maximum Gasteiger partial charge on any atom is 0.222 e. The highest BCUT2D eigenvalue weighted by Gasteiger charge is 2.29. The van der Waals surface area contributed by atoms with Gasteiger partial charge in [-0.2, -0.15) is 0 Å². The quantitative estimate of drug-likeness (QED) is 0.859. The molecule has 1 amide bonds. The van der Waals surface area contributed by atoms with Crippen LogP contribution in [0.5, 0.6) is 0 Å². The van der Waals surface area contributed by atoms with Gasteiger partial charge in [0.25, 0.3) is 0 Å². The molecule has 0 aromatic rings. The topological polar surface area (TPSA) is 35.6 Å². The third kappa shape index (κ3) is 4.19. The summed E-state index contributed by atoms with van der Waals surface area (Å²) < 4.78 is 0. The molecule has 0 saturated carbocycles. The van der Waals surface area contributed by atoms with E-state index in [4.69, 9.17) is 0 Å². The average Bonchev–Trinajstić information content (AvgIpc) is 3.08. The fourth-order valence-electron chi connectivity index (χ4n) is 4.24. The molecule has 0 bridgehead atoms. The molecule has 0 aliphatic carbocycles. The molecule has 4 heteroatoms. The Labute approximate surface area is 129 Å². The Morgan fingerprint density at radius 3 is 2.67 bits per heavy atom. The van der Waals surface area contributed by atoms with Gasteiger partial charge in [-0.3, -0.25) is 9.69 Å². The second kappa shape index (κ2) is 7.59. The molecule has 2 atom stereocenters. The van der Waals surface area contributed by atoms with Gasteiger partial charge in [-0.05, 0) is 77.0 Å². The first-order valence-corrected chi connectivity index (χ1v) is 9.05. The third-order valence-electron chi connectivity index (χ3n) is 5.57. The zero-order valence-electron chi connectivity index (χ0n) is 13.4. The van der Waals surface area contributed by atoms with Crippen molar-refractivity contribution in [2.75, 3.05) is 39.3 Å². The summed E-state index contributed by atoms with van der Waals surface area (Å²) in [5.74, 6) is 1.13. The van der Waals surface area contributed by atoms with E-state index >= 15 is 0 Å². The molecule has 3 rings (SSSR count). The molecule has 3 heterocycles. The van der Waals surface area contributed by atoms with Crippen LogP contribution in [0.4, 0.5) is 0 Å². The zero-order valence-corrected chi connectivity index (χ0v) is 13.4. The second-order valence-corrected chi connectivity index (χ2v) is 7.13. The Kier molecular flexibility index (Phi) is 5.53. The first-order chi connectivity index (χ1) is 10.3. The van der Waals surface area contributed by atoms with E-state index in [9.17, 15) is 4.79 Å². The lowest BCUT2D eigenvalue weighted by molar-refractivity contribution is -0.133. The molecule has 0 radical (unpaired) electrons. The van der Waals surface area contributed by atoms with Crippen molar-refractivity contribution in [3.8, 4) is 0 Å². The minimum atomic E-state index is 0.407. The van der Waals surface area contributed by atoms with Gasteiger partial charge in [0.1, 0.15) is 0 Å². The molecule has 0 spiro atoms. The molecule has 0 aromatic heterocycles. The summed E-state index contributed by atoms with van der Waals surface area (Å²) in [6.07, 6.45) is 9.60. The normalized spacial score (nSPS) is 31.5. The molecule has 0 aromatic carbocycles. The molecule has 3 saturated heterocycles. The molecular weight excluding hydrogens is 262 g/mol. The lowest BCUT2D eigenvalue weighted by atomic mass is 9.94. The second-order valence-electron chi connectivity index (χ2n) is 7.13. The van der Waals surface area contributed by atoms with Crippen molar-refractivity contribution < 1.29 is 4.79 Å². The molecule has 120 valence electrons. The van der Waals surface area contributed by atoms with Crippen LogP contribution in [0.15, 0.2) is 0 Å². The first kappa shape index (κ1) is 15.3.